The summed E-state index contributed by atoms with van der Waals surface area (Å²) in [5.74, 6) is 6.06. The highest BCUT2D eigenvalue weighted by molar-refractivity contribution is 5.81. The lowest BCUT2D eigenvalue weighted by Crippen LogP contribution is -2.19. The second-order valence-corrected chi connectivity index (χ2v) is 7.37. The summed E-state index contributed by atoms with van der Waals surface area (Å²) in [4.78, 5) is 8.62. The van der Waals surface area contributed by atoms with Crippen LogP contribution in [0, 0.1) is 17.7 Å². The van der Waals surface area contributed by atoms with Crippen LogP contribution in [0.25, 0.3) is 16.7 Å². The molecule has 0 radical (unpaired) electrons. The van der Waals surface area contributed by atoms with Crippen LogP contribution in [0.2, 0.25) is 0 Å². The number of ether oxygens (including phenoxy) is 2. The fourth-order valence-electron chi connectivity index (χ4n) is 2.90. The fraction of sp³-hybridized carbons (Fsp3) is 0.208. The summed E-state index contributed by atoms with van der Waals surface area (Å²) in [5.41, 5.74) is 1.97. The van der Waals surface area contributed by atoms with Gasteiger partial charge in [0, 0.05) is 7.11 Å². The van der Waals surface area contributed by atoms with Crippen LogP contribution < -0.4 is 4.74 Å². The van der Waals surface area contributed by atoms with Crippen molar-refractivity contribution in [3.05, 3.63) is 78.0 Å². The van der Waals surface area contributed by atoms with E-state index in [0.717, 1.165) is 5.56 Å². The second kappa shape index (κ2) is 8.54. The van der Waals surface area contributed by atoms with Crippen molar-refractivity contribution in [2.75, 3.05) is 7.11 Å². The van der Waals surface area contributed by atoms with Gasteiger partial charge in [0.25, 0.3) is 0 Å². The molecule has 7 heteroatoms. The molecule has 2 heterocycles. The van der Waals surface area contributed by atoms with E-state index in [1.165, 1.54) is 18.5 Å². The molecule has 0 aliphatic heterocycles. The molecule has 0 unspecified atom stereocenters. The van der Waals surface area contributed by atoms with Gasteiger partial charge in [0.2, 0.25) is 5.88 Å². The molecule has 4 rings (SSSR count). The average Bonchev–Trinajstić information content (AvgIpc) is 3.22. The number of rotatable bonds is 5. The number of halogens is 1. The first-order valence-corrected chi connectivity index (χ1v) is 9.70. The van der Waals surface area contributed by atoms with Crippen LogP contribution in [0.3, 0.4) is 0 Å². The van der Waals surface area contributed by atoms with Gasteiger partial charge in [-0.25, -0.2) is 19.0 Å². The van der Waals surface area contributed by atoms with Crippen LogP contribution in [0.4, 0.5) is 4.39 Å². The molecule has 0 spiro atoms. The van der Waals surface area contributed by atoms with Crippen molar-refractivity contribution in [3.8, 4) is 23.4 Å². The lowest BCUT2D eigenvalue weighted by Gasteiger charge is -2.14. The van der Waals surface area contributed by atoms with Crippen molar-refractivity contribution in [3.63, 3.8) is 0 Å². The lowest BCUT2D eigenvalue weighted by atomic mass is 10.1. The van der Waals surface area contributed by atoms with Gasteiger partial charge in [-0.1, -0.05) is 42.2 Å². The van der Waals surface area contributed by atoms with Gasteiger partial charge in [0.15, 0.2) is 5.65 Å². The minimum atomic E-state index is -0.670. The summed E-state index contributed by atoms with van der Waals surface area (Å²) in [5, 5.41) is 5.10. The van der Waals surface area contributed by atoms with E-state index >= 15 is 0 Å². The number of aromatic nitrogens is 4. The third kappa shape index (κ3) is 4.55. The van der Waals surface area contributed by atoms with Crippen molar-refractivity contribution in [2.24, 2.45) is 0 Å². The monoisotopic (exact) mass is 416 g/mol. The normalized spacial score (nSPS) is 11.2. The maximum Gasteiger partial charge on any atom is 0.228 e. The smallest absolute Gasteiger partial charge is 0.228 e. The first-order valence-electron chi connectivity index (χ1n) is 9.70. The van der Waals surface area contributed by atoms with E-state index in [9.17, 15) is 4.39 Å². The Morgan fingerprint density at radius 3 is 2.68 bits per heavy atom. The van der Waals surface area contributed by atoms with Crippen molar-refractivity contribution >= 4 is 11.0 Å². The van der Waals surface area contributed by atoms with Crippen molar-refractivity contribution in [1.29, 1.82) is 0 Å². The van der Waals surface area contributed by atoms with Crippen molar-refractivity contribution in [1.82, 2.24) is 19.7 Å². The zero-order chi connectivity index (χ0) is 21.8. The van der Waals surface area contributed by atoms with E-state index in [1.807, 2.05) is 44.2 Å². The predicted octanol–water partition coefficient (Wildman–Crippen LogP) is 4.31. The topological polar surface area (TPSA) is 62.1 Å². The highest BCUT2D eigenvalue weighted by Crippen LogP contribution is 2.25. The molecule has 0 fully saturated rings. The first-order chi connectivity index (χ1) is 15.0. The summed E-state index contributed by atoms with van der Waals surface area (Å²) >= 11 is 0. The van der Waals surface area contributed by atoms with Crippen LogP contribution >= 0.6 is 0 Å². The van der Waals surface area contributed by atoms with E-state index in [1.54, 1.807) is 24.1 Å². The molecular weight excluding hydrogens is 395 g/mol. The predicted molar refractivity (Wildman–Crippen MR) is 115 cm³/mol. The number of hydrogen-bond donors (Lipinski definition) is 0. The van der Waals surface area contributed by atoms with Gasteiger partial charge < -0.3 is 9.47 Å². The molecule has 6 nitrogen and oxygen atoms in total. The summed E-state index contributed by atoms with van der Waals surface area (Å²) < 4.78 is 26.8. The molecule has 0 aliphatic carbocycles. The quantitative estimate of drug-likeness (QED) is 0.454. The molecule has 0 atom stereocenters. The largest absolute Gasteiger partial charge is 0.472 e. The van der Waals surface area contributed by atoms with E-state index in [4.69, 9.17) is 9.47 Å². The van der Waals surface area contributed by atoms with Crippen LogP contribution in [0.15, 0.2) is 61.1 Å². The second-order valence-electron chi connectivity index (χ2n) is 7.37. The van der Waals surface area contributed by atoms with Gasteiger partial charge in [-0.2, -0.15) is 5.10 Å². The Morgan fingerprint density at radius 1 is 1.10 bits per heavy atom. The third-order valence-corrected chi connectivity index (χ3v) is 4.74. The maximum absolute atomic E-state index is 14.0. The number of benzene rings is 2. The SMILES string of the molecule is COC(C)(C)C#Cc1cc(F)ccc1-n1ncc2c(OCc3ccccc3)ncnc21. The number of nitrogens with zero attached hydrogens (tertiary/aromatic N) is 4. The Labute approximate surface area is 179 Å². The molecule has 156 valence electrons. The Bertz CT molecular complexity index is 1270. The zero-order valence-electron chi connectivity index (χ0n) is 17.5. The third-order valence-electron chi connectivity index (χ3n) is 4.74. The minimum absolute atomic E-state index is 0.373. The van der Waals surface area contributed by atoms with Gasteiger partial charge in [0.05, 0.1) is 17.4 Å². The summed E-state index contributed by atoms with van der Waals surface area (Å²) in [6.45, 7) is 4.05. The lowest BCUT2D eigenvalue weighted by molar-refractivity contribution is 0.0742. The van der Waals surface area contributed by atoms with Crippen LogP contribution in [-0.2, 0) is 11.3 Å². The van der Waals surface area contributed by atoms with E-state index < -0.39 is 5.60 Å². The van der Waals surface area contributed by atoms with Gasteiger partial charge in [-0.15, -0.1) is 0 Å². The molecule has 0 N–H and O–H groups in total. The van der Waals surface area contributed by atoms with Crippen molar-refractivity contribution in [2.45, 2.75) is 26.1 Å². The Hall–Kier alpha value is -3.76. The molecule has 4 aromatic rings. The molecule has 0 aliphatic rings. The number of methoxy groups -OCH3 is 1. The Kier molecular flexibility index (Phi) is 5.65. The van der Waals surface area contributed by atoms with Gasteiger partial charge in [-0.05, 0) is 37.6 Å². The van der Waals surface area contributed by atoms with E-state index in [0.29, 0.717) is 34.8 Å². The molecule has 0 amide bonds. The van der Waals surface area contributed by atoms with Crippen molar-refractivity contribution < 1.29 is 13.9 Å². The molecule has 0 saturated heterocycles. The van der Waals surface area contributed by atoms with Crippen LogP contribution in [0.1, 0.15) is 25.0 Å². The molecule has 2 aromatic heterocycles. The maximum atomic E-state index is 14.0. The zero-order valence-corrected chi connectivity index (χ0v) is 17.5. The van der Waals surface area contributed by atoms with Gasteiger partial charge in [-0.3, -0.25) is 0 Å². The Morgan fingerprint density at radius 2 is 1.90 bits per heavy atom. The van der Waals surface area contributed by atoms with Crippen LogP contribution in [-0.4, -0.2) is 32.5 Å². The molecule has 0 saturated carbocycles. The van der Waals surface area contributed by atoms with Crippen LogP contribution in [0.5, 0.6) is 5.88 Å². The van der Waals surface area contributed by atoms with Gasteiger partial charge >= 0.3 is 0 Å². The summed E-state index contributed by atoms with van der Waals surface area (Å²) in [6, 6.07) is 14.2. The standard InChI is InChI=1S/C24H21FN4O2/c1-24(2,30-3)12-11-18-13-19(25)9-10-21(18)29-22-20(14-28-29)23(27-16-26-22)31-15-17-7-5-4-6-8-17/h4-10,13-14,16H,15H2,1-3H3. The van der Waals surface area contributed by atoms with E-state index in [-0.39, 0.29) is 5.82 Å². The average molecular weight is 416 g/mol. The minimum Gasteiger partial charge on any atom is -0.472 e. The number of hydrogen-bond acceptors (Lipinski definition) is 5. The van der Waals surface area contributed by atoms with Gasteiger partial charge in [0.1, 0.15) is 29.7 Å². The fourth-order valence-corrected chi connectivity index (χ4v) is 2.90. The molecule has 31 heavy (non-hydrogen) atoms. The molecular formula is C24H21FN4O2. The summed E-state index contributed by atoms with van der Waals surface area (Å²) in [6.07, 6.45) is 3.05. The highest BCUT2D eigenvalue weighted by atomic mass is 19.1. The van der Waals surface area contributed by atoms with E-state index in [2.05, 4.69) is 26.9 Å². The molecule has 0 bridgehead atoms. The first kappa shape index (κ1) is 20.5. The molecule has 2 aromatic carbocycles. The Balaban J connectivity index is 1.73. The summed E-state index contributed by atoms with van der Waals surface area (Å²) in [7, 11) is 1.58. The highest BCUT2D eigenvalue weighted by Gasteiger charge is 2.16. The number of fused-ring (bicyclic) bond motifs is 1.